The topological polar surface area (TPSA) is 160 Å². The quantitative estimate of drug-likeness (QED) is 0.0969. The fourth-order valence-corrected chi connectivity index (χ4v) is 10.5. The van der Waals surface area contributed by atoms with E-state index >= 15 is 0 Å². The molecule has 9 aromatic rings. The largest absolute Gasteiger partial charge is 0.497 e. The molecule has 4 N–H and O–H groups in total. The number of nitrogens with zero attached hydrogens (tertiary/aromatic N) is 5. The van der Waals surface area contributed by atoms with Crippen molar-refractivity contribution in [3.63, 3.8) is 0 Å². The van der Waals surface area contributed by atoms with Gasteiger partial charge in [0.15, 0.2) is 0 Å². The maximum Gasteiger partial charge on any atom is 0.326 e. The van der Waals surface area contributed by atoms with Crippen LogP contribution in [0.2, 0.25) is 20.1 Å². The van der Waals surface area contributed by atoms with E-state index in [2.05, 4.69) is 10.3 Å². The van der Waals surface area contributed by atoms with Crippen molar-refractivity contribution in [3.8, 4) is 11.5 Å². The van der Waals surface area contributed by atoms with Crippen molar-refractivity contribution < 1.29 is 19.1 Å². The smallest absolute Gasteiger partial charge is 0.326 e. The number of rotatable bonds is 13. The summed E-state index contributed by atoms with van der Waals surface area (Å²) in [4.78, 5) is 57.5. The molecule has 80 heavy (non-hydrogen) atoms. The number of ether oxygens (including phenoxy) is 2. The highest BCUT2D eigenvalue weighted by Crippen LogP contribution is 2.36. The number of aliphatic imine (C=N–C) groups is 2. The molecule has 0 fully saturated rings. The number of fused-ring (bicyclic) bond motifs is 3. The van der Waals surface area contributed by atoms with Crippen LogP contribution in [0.1, 0.15) is 44.5 Å². The molecule has 0 spiro atoms. The van der Waals surface area contributed by atoms with Crippen LogP contribution >= 0.6 is 46.4 Å². The van der Waals surface area contributed by atoms with E-state index in [0.29, 0.717) is 68.8 Å². The molecule has 0 saturated heterocycles. The summed E-state index contributed by atoms with van der Waals surface area (Å²) < 4.78 is 12.2. The molecule has 8 aromatic carbocycles. The normalized spacial score (nSPS) is 14.9. The minimum absolute atomic E-state index is 0.108. The first-order chi connectivity index (χ1) is 38.7. The van der Waals surface area contributed by atoms with Crippen LogP contribution in [-0.2, 0) is 42.6 Å². The van der Waals surface area contributed by atoms with Crippen LogP contribution in [0.4, 0.5) is 22.7 Å². The highest BCUT2D eigenvalue weighted by Gasteiger charge is 2.35. The fraction of sp³-hybridized carbons (Fsp3) is 0.159. The molecule has 0 saturated carbocycles. The fourth-order valence-electron chi connectivity index (χ4n) is 9.88. The van der Waals surface area contributed by atoms with Crippen LogP contribution in [0, 0.1) is 0 Å². The van der Waals surface area contributed by atoms with Gasteiger partial charge in [-0.05, 0) is 131 Å². The zero-order valence-electron chi connectivity index (χ0n) is 44.0. The van der Waals surface area contributed by atoms with Crippen LogP contribution in [-0.4, -0.2) is 66.1 Å². The molecule has 1 aromatic heterocycles. The molecule has 3 heterocycles. The van der Waals surface area contributed by atoms with Crippen molar-refractivity contribution in [1.82, 2.24) is 9.55 Å². The monoisotopic (exact) mass is 1140 g/mol. The Labute approximate surface area is 482 Å². The predicted molar refractivity (Wildman–Crippen MR) is 324 cm³/mol. The summed E-state index contributed by atoms with van der Waals surface area (Å²) in [5.41, 5.74) is 18.5. The Kier molecular flexibility index (Phi) is 16.5. The van der Waals surface area contributed by atoms with Crippen LogP contribution in [0.15, 0.2) is 185 Å². The molecule has 2 aliphatic rings. The Morgan fingerprint density at radius 1 is 0.537 bits per heavy atom. The van der Waals surface area contributed by atoms with Crippen molar-refractivity contribution in [2.24, 2.45) is 17.0 Å². The second kappa shape index (κ2) is 24.0. The summed E-state index contributed by atoms with van der Waals surface area (Å²) in [6, 6.07) is 51.3. The lowest BCUT2D eigenvalue weighted by atomic mass is 9.99. The van der Waals surface area contributed by atoms with Crippen molar-refractivity contribution in [1.29, 1.82) is 0 Å². The van der Waals surface area contributed by atoms with Gasteiger partial charge in [-0.25, -0.2) is 4.79 Å². The van der Waals surface area contributed by atoms with Gasteiger partial charge in [-0.3, -0.25) is 24.1 Å². The Balaban J connectivity index is 0.000000180. The number of aryl methyl sites for hydroxylation is 1. The van der Waals surface area contributed by atoms with Gasteiger partial charge in [-0.2, -0.15) is 0 Å². The average molecular weight is 1140 g/mol. The lowest BCUT2D eigenvalue weighted by Gasteiger charge is -2.26. The van der Waals surface area contributed by atoms with Crippen molar-refractivity contribution in [3.05, 3.63) is 245 Å². The summed E-state index contributed by atoms with van der Waals surface area (Å²) in [5, 5.41) is 5.48. The maximum atomic E-state index is 14.3. The van der Waals surface area contributed by atoms with Gasteiger partial charge >= 0.3 is 5.69 Å². The molecule has 0 aliphatic carbocycles. The van der Waals surface area contributed by atoms with E-state index in [1.54, 1.807) is 47.8 Å². The number of aromatic amines is 1. The van der Waals surface area contributed by atoms with Gasteiger partial charge in [0.2, 0.25) is 0 Å². The number of anilines is 4. The van der Waals surface area contributed by atoms with Gasteiger partial charge in [-0.15, -0.1) is 0 Å². The first-order valence-corrected chi connectivity index (χ1v) is 27.1. The molecule has 0 radical (unpaired) electrons. The minimum Gasteiger partial charge on any atom is -0.497 e. The second-order valence-electron chi connectivity index (χ2n) is 19.3. The number of methoxy groups -OCH3 is 2. The molecular formula is C63H54Cl4N8O5. The van der Waals surface area contributed by atoms with E-state index in [1.165, 1.54) is 0 Å². The van der Waals surface area contributed by atoms with Crippen molar-refractivity contribution in [2.45, 2.75) is 38.0 Å². The van der Waals surface area contributed by atoms with Gasteiger partial charge in [0.05, 0.1) is 72.5 Å². The Hall–Kier alpha value is -8.33. The first-order valence-electron chi connectivity index (χ1n) is 25.6. The number of carbonyl (C=O) groups excluding carboxylic acids is 2. The number of benzodiazepines with no additional fused rings is 2. The number of amides is 2. The average Bonchev–Trinajstić information content (AvgIpc) is 3.76. The molecule has 13 nitrogen and oxygen atoms in total. The number of hydrogen-bond donors (Lipinski definition) is 3. The first kappa shape index (κ1) is 55.0. The van der Waals surface area contributed by atoms with Gasteiger partial charge in [0, 0.05) is 69.3 Å². The summed E-state index contributed by atoms with van der Waals surface area (Å²) in [7, 11) is 6.78. The molecule has 0 bridgehead atoms. The van der Waals surface area contributed by atoms with E-state index in [0.717, 1.165) is 78.4 Å². The molecule has 11 rings (SSSR count). The summed E-state index contributed by atoms with van der Waals surface area (Å²) >= 11 is 25.3. The van der Waals surface area contributed by atoms with E-state index in [-0.39, 0.29) is 17.5 Å². The predicted octanol–water partition coefficient (Wildman–Crippen LogP) is 12.8. The highest BCUT2D eigenvalue weighted by molar-refractivity contribution is 6.33. The number of halogens is 4. The Morgan fingerprint density at radius 2 is 0.963 bits per heavy atom. The molecule has 404 valence electrons. The number of benzene rings is 8. The third-order valence-corrected chi connectivity index (χ3v) is 15.1. The maximum absolute atomic E-state index is 14.3. The SMILES string of the molecule is CNc1cc(C2=NC(Cc3ccc(Cl)cc3)C(=O)N(Cc3ccc(OC)cc3)c3ccc(Cl)cc32)ccc1N.COc1ccc(CN2C(=O)C(Cc3ccc(Cl)cc3)N=C(c3ccc4[nH]c(=O)n(C)c4c3)c3cc(Cl)ccc32)cc1. The third kappa shape index (κ3) is 12.0. The number of nitrogens with two attached hydrogens (primary N) is 1. The Bertz CT molecular complexity index is 3900. The van der Waals surface area contributed by atoms with Gasteiger partial charge < -0.3 is 35.3 Å². The molecular weight excluding hydrogens is 1090 g/mol. The van der Waals surface area contributed by atoms with Crippen LogP contribution in [0.5, 0.6) is 11.5 Å². The van der Waals surface area contributed by atoms with Crippen LogP contribution in [0.25, 0.3) is 11.0 Å². The molecule has 2 amide bonds. The number of H-pyrrole nitrogens is 1. The summed E-state index contributed by atoms with van der Waals surface area (Å²) in [6.07, 6.45) is 0.791. The van der Waals surface area contributed by atoms with Crippen LogP contribution in [0.3, 0.4) is 0 Å². The van der Waals surface area contributed by atoms with Gasteiger partial charge in [0.25, 0.3) is 11.8 Å². The number of aromatic nitrogens is 2. The summed E-state index contributed by atoms with van der Waals surface area (Å²) in [6.45, 7) is 0.698. The lowest BCUT2D eigenvalue weighted by Crippen LogP contribution is -2.38. The number of nitrogens with one attached hydrogen (secondary N) is 2. The van der Waals surface area contributed by atoms with Gasteiger partial charge in [0.1, 0.15) is 23.6 Å². The van der Waals surface area contributed by atoms with E-state index in [4.69, 9.17) is 71.6 Å². The number of hydrogen-bond acceptors (Lipinski definition) is 9. The zero-order chi connectivity index (χ0) is 56.2. The van der Waals surface area contributed by atoms with Crippen LogP contribution < -0.4 is 36.0 Å². The molecule has 17 heteroatoms. The van der Waals surface area contributed by atoms with E-state index in [1.807, 2.05) is 165 Å². The highest BCUT2D eigenvalue weighted by atomic mass is 35.5. The number of nitrogen functional groups attached to an aromatic ring is 1. The van der Waals surface area contributed by atoms with Gasteiger partial charge in [-0.1, -0.05) is 107 Å². The number of carbonyl (C=O) groups is 2. The lowest BCUT2D eigenvalue weighted by molar-refractivity contribution is -0.120. The van der Waals surface area contributed by atoms with E-state index < -0.39 is 12.1 Å². The van der Waals surface area contributed by atoms with Crippen molar-refractivity contribution >= 4 is 103 Å². The molecule has 2 aliphatic heterocycles. The standard InChI is InChI=1S/C32H26Cl2N4O3.C31H28Cl2N4O2/c1-37-29-16-21(7-13-26(29)36-32(37)40)30-25-17-23(34)10-14-28(25)38(18-20-5-11-24(41-2)12-6-20)31(39)27(35-30)15-19-3-8-22(33)9-4-19;1-35-27-16-21(7-13-26(27)34)30-25-17-23(33)10-14-29(25)37(18-20-5-11-24(39-2)12-6-20)31(38)28(36-30)15-19-3-8-22(32)9-4-19/h3-14,16-17,27H,15,18H2,1-2H3,(H,36,40);3-14,16-17,28,35H,15,18,34H2,1-2H3. The third-order valence-electron chi connectivity index (χ3n) is 14.1. The molecule has 2 unspecified atom stereocenters. The molecule has 2 atom stereocenters. The summed E-state index contributed by atoms with van der Waals surface area (Å²) in [5.74, 6) is 1.25. The van der Waals surface area contributed by atoms with Crippen molar-refractivity contribution in [2.75, 3.05) is 42.1 Å². The Morgan fingerprint density at radius 3 is 1.41 bits per heavy atom. The minimum atomic E-state index is -0.721. The second-order valence-corrected chi connectivity index (χ2v) is 21.0. The zero-order valence-corrected chi connectivity index (χ0v) is 47.0. The number of imidazole rings is 1. The van der Waals surface area contributed by atoms with E-state index in [9.17, 15) is 14.4 Å².